The van der Waals surface area contributed by atoms with Crippen LogP contribution in [0.5, 0.6) is 0 Å². The molecule has 1 unspecified atom stereocenters. The van der Waals surface area contributed by atoms with Gasteiger partial charge in [-0.1, -0.05) is 20.8 Å². The summed E-state index contributed by atoms with van der Waals surface area (Å²) in [5.41, 5.74) is 5.54. The van der Waals surface area contributed by atoms with Crippen molar-refractivity contribution < 1.29 is 9.53 Å². The molecule has 2 N–H and O–H groups in total. The van der Waals surface area contributed by atoms with Gasteiger partial charge in [0.25, 0.3) is 0 Å². The van der Waals surface area contributed by atoms with Crippen LogP contribution in [0.2, 0.25) is 0 Å². The van der Waals surface area contributed by atoms with E-state index in [1.165, 1.54) is 0 Å². The third-order valence-corrected chi connectivity index (χ3v) is 3.64. The first-order valence-corrected chi connectivity index (χ1v) is 6.64. The first-order chi connectivity index (χ1) is 7.42. The van der Waals surface area contributed by atoms with Crippen molar-refractivity contribution >= 4 is 17.7 Å². The molecule has 1 saturated heterocycles. The van der Waals surface area contributed by atoms with Crippen molar-refractivity contribution in [3.05, 3.63) is 0 Å². The summed E-state index contributed by atoms with van der Waals surface area (Å²) in [5.74, 6) is 0.738. The molecule has 1 rings (SSSR count). The first kappa shape index (κ1) is 13.8. The van der Waals surface area contributed by atoms with Crippen LogP contribution < -0.4 is 5.73 Å². The number of thioether (sulfide) groups is 1. The van der Waals surface area contributed by atoms with Gasteiger partial charge in [-0.15, -0.1) is 11.8 Å². The monoisotopic (exact) mass is 246 g/mol. The van der Waals surface area contributed by atoms with Crippen LogP contribution in [0.3, 0.4) is 0 Å². The Labute approximate surface area is 102 Å². The van der Waals surface area contributed by atoms with Crippen LogP contribution in [0.15, 0.2) is 0 Å². The van der Waals surface area contributed by atoms with Crippen molar-refractivity contribution in [1.29, 1.82) is 0 Å². The van der Waals surface area contributed by atoms with Gasteiger partial charge in [0.1, 0.15) is 0 Å². The number of nitrogens with two attached hydrogens (primary N) is 1. The second kappa shape index (κ2) is 5.89. The zero-order valence-corrected chi connectivity index (χ0v) is 11.2. The Morgan fingerprint density at radius 3 is 2.81 bits per heavy atom. The molecule has 1 fully saturated rings. The van der Waals surface area contributed by atoms with E-state index in [-0.39, 0.29) is 16.8 Å². The Kier molecular flexibility index (Phi) is 5.08. The SMILES string of the molecule is CC(C)(C)SCC(=O)N1CCOC(CN)C1. The number of morpholine rings is 1. The highest BCUT2D eigenvalue weighted by molar-refractivity contribution is 8.01. The van der Waals surface area contributed by atoms with Gasteiger partial charge < -0.3 is 15.4 Å². The lowest BCUT2D eigenvalue weighted by Gasteiger charge is -2.32. The molecule has 0 aromatic carbocycles. The van der Waals surface area contributed by atoms with Crippen molar-refractivity contribution in [2.24, 2.45) is 5.73 Å². The van der Waals surface area contributed by atoms with Gasteiger partial charge in [0.2, 0.25) is 5.91 Å². The van der Waals surface area contributed by atoms with Crippen LogP contribution in [0.1, 0.15) is 20.8 Å². The first-order valence-electron chi connectivity index (χ1n) is 5.66. The quantitative estimate of drug-likeness (QED) is 0.796. The summed E-state index contributed by atoms with van der Waals surface area (Å²) in [4.78, 5) is 13.8. The number of nitrogens with zero attached hydrogens (tertiary/aromatic N) is 1. The highest BCUT2D eigenvalue weighted by Gasteiger charge is 2.24. The third-order valence-electron chi connectivity index (χ3n) is 2.38. The zero-order valence-electron chi connectivity index (χ0n) is 10.4. The molecule has 0 aromatic rings. The molecular formula is C11H22N2O2S. The number of hydrogen-bond donors (Lipinski definition) is 1. The van der Waals surface area contributed by atoms with Gasteiger partial charge in [-0.3, -0.25) is 4.79 Å². The molecule has 1 aliphatic rings. The molecule has 94 valence electrons. The maximum Gasteiger partial charge on any atom is 0.232 e. The number of ether oxygens (including phenoxy) is 1. The molecule has 16 heavy (non-hydrogen) atoms. The molecule has 4 nitrogen and oxygen atoms in total. The van der Waals surface area contributed by atoms with E-state index in [0.717, 1.165) is 0 Å². The average Bonchev–Trinajstić information content (AvgIpc) is 2.25. The van der Waals surface area contributed by atoms with E-state index >= 15 is 0 Å². The summed E-state index contributed by atoms with van der Waals surface area (Å²) in [5, 5.41) is 0. The summed E-state index contributed by atoms with van der Waals surface area (Å²) in [6.45, 7) is 8.77. The standard InChI is InChI=1S/C11H22N2O2S/c1-11(2,3)16-8-10(14)13-4-5-15-9(6-12)7-13/h9H,4-8,12H2,1-3H3. The van der Waals surface area contributed by atoms with E-state index < -0.39 is 0 Å². The average molecular weight is 246 g/mol. The van der Waals surface area contributed by atoms with Crippen LogP contribution in [-0.2, 0) is 9.53 Å². The summed E-state index contributed by atoms with van der Waals surface area (Å²) >= 11 is 1.68. The molecule has 0 spiro atoms. The summed E-state index contributed by atoms with van der Waals surface area (Å²) in [7, 11) is 0. The lowest BCUT2D eigenvalue weighted by molar-refractivity contribution is -0.135. The predicted octanol–water partition coefficient (Wildman–Crippen LogP) is 0.704. The minimum Gasteiger partial charge on any atom is -0.373 e. The lowest BCUT2D eigenvalue weighted by Crippen LogP contribution is -2.48. The van der Waals surface area contributed by atoms with Crippen molar-refractivity contribution in [1.82, 2.24) is 4.90 Å². The fraction of sp³-hybridized carbons (Fsp3) is 0.909. The van der Waals surface area contributed by atoms with Crippen LogP contribution in [-0.4, -0.2) is 53.7 Å². The van der Waals surface area contributed by atoms with E-state index in [1.807, 2.05) is 4.90 Å². The van der Waals surface area contributed by atoms with E-state index in [0.29, 0.717) is 32.0 Å². The highest BCUT2D eigenvalue weighted by Crippen LogP contribution is 2.23. The number of amides is 1. The predicted molar refractivity (Wildman–Crippen MR) is 67.6 cm³/mol. The molecule has 1 atom stereocenters. The van der Waals surface area contributed by atoms with Crippen molar-refractivity contribution in [3.8, 4) is 0 Å². The molecule has 1 heterocycles. The van der Waals surface area contributed by atoms with Gasteiger partial charge in [0.15, 0.2) is 0 Å². The highest BCUT2D eigenvalue weighted by atomic mass is 32.2. The molecule has 0 aliphatic carbocycles. The van der Waals surface area contributed by atoms with Crippen LogP contribution in [0.4, 0.5) is 0 Å². The lowest BCUT2D eigenvalue weighted by atomic mass is 10.2. The maximum atomic E-state index is 11.9. The van der Waals surface area contributed by atoms with Crippen LogP contribution in [0, 0.1) is 0 Å². The van der Waals surface area contributed by atoms with Gasteiger partial charge in [-0.25, -0.2) is 0 Å². The van der Waals surface area contributed by atoms with Crippen molar-refractivity contribution in [2.75, 3.05) is 32.0 Å². The summed E-state index contributed by atoms with van der Waals surface area (Å²) in [6.07, 6.45) is 0.0114. The second-order valence-electron chi connectivity index (χ2n) is 4.97. The Hall–Kier alpha value is -0.260. The maximum absolute atomic E-state index is 11.9. The number of hydrogen-bond acceptors (Lipinski definition) is 4. The molecular weight excluding hydrogens is 224 g/mol. The number of rotatable bonds is 3. The topological polar surface area (TPSA) is 55.6 Å². The molecule has 1 amide bonds. The van der Waals surface area contributed by atoms with E-state index in [1.54, 1.807) is 11.8 Å². The van der Waals surface area contributed by atoms with E-state index in [4.69, 9.17) is 10.5 Å². The number of carbonyl (C=O) groups excluding carboxylic acids is 1. The van der Waals surface area contributed by atoms with Crippen LogP contribution >= 0.6 is 11.8 Å². The third kappa shape index (κ3) is 4.72. The van der Waals surface area contributed by atoms with Gasteiger partial charge in [-0.2, -0.15) is 0 Å². The van der Waals surface area contributed by atoms with Gasteiger partial charge in [-0.05, 0) is 0 Å². The Morgan fingerprint density at radius 1 is 1.56 bits per heavy atom. The van der Waals surface area contributed by atoms with Gasteiger partial charge >= 0.3 is 0 Å². The molecule has 5 heteroatoms. The summed E-state index contributed by atoms with van der Waals surface area (Å²) < 4.78 is 5.56. The molecule has 0 aromatic heterocycles. The Balaban J connectivity index is 2.36. The van der Waals surface area contributed by atoms with Gasteiger partial charge in [0.05, 0.1) is 18.5 Å². The van der Waals surface area contributed by atoms with Crippen molar-refractivity contribution in [2.45, 2.75) is 31.6 Å². The summed E-state index contributed by atoms with van der Waals surface area (Å²) in [6, 6.07) is 0. The fourth-order valence-corrected chi connectivity index (χ4v) is 2.20. The number of carbonyl (C=O) groups is 1. The van der Waals surface area contributed by atoms with E-state index in [9.17, 15) is 4.79 Å². The molecule has 1 aliphatic heterocycles. The normalized spacial score (nSPS) is 22.2. The molecule has 0 radical (unpaired) electrons. The smallest absolute Gasteiger partial charge is 0.232 e. The van der Waals surface area contributed by atoms with Gasteiger partial charge in [0, 0.05) is 24.4 Å². The fourth-order valence-electron chi connectivity index (χ4n) is 1.46. The van der Waals surface area contributed by atoms with E-state index in [2.05, 4.69) is 20.8 Å². The largest absolute Gasteiger partial charge is 0.373 e. The minimum absolute atomic E-state index is 0.0114. The second-order valence-corrected chi connectivity index (χ2v) is 6.77. The Morgan fingerprint density at radius 2 is 2.25 bits per heavy atom. The van der Waals surface area contributed by atoms with Crippen molar-refractivity contribution in [3.63, 3.8) is 0 Å². The zero-order chi connectivity index (χ0) is 12.2. The van der Waals surface area contributed by atoms with Crippen LogP contribution in [0.25, 0.3) is 0 Å². The Bertz CT molecular complexity index is 241. The minimum atomic E-state index is 0.0114. The molecule has 0 saturated carbocycles. The molecule has 0 bridgehead atoms.